The SMILES string of the molecule is Cc1cc(F)n(C(C)(C)C)c1. The van der Waals surface area contributed by atoms with E-state index in [0.29, 0.717) is 0 Å². The number of aromatic nitrogens is 1. The molecule has 2 heteroatoms. The van der Waals surface area contributed by atoms with Gasteiger partial charge in [-0.1, -0.05) is 0 Å². The van der Waals surface area contributed by atoms with Crippen molar-refractivity contribution >= 4 is 0 Å². The highest BCUT2D eigenvalue weighted by Crippen LogP contribution is 2.18. The molecule has 0 bridgehead atoms. The van der Waals surface area contributed by atoms with Gasteiger partial charge in [-0.2, -0.15) is 4.39 Å². The Morgan fingerprint density at radius 2 is 1.91 bits per heavy atom. The highest BCUT2D eigenvalue weighted by atomic mass is 19.1. The standard InChI is InChI=1S/C9H14FN/c1-7-5-8(10)11(6-7)9(2,3)4/h5-6H,1-4H3. The van der Waals surface area contributed by atoms with Gasteiger partial charge >= 0.3 is 0 Å². The van der Waals surface area contributed by atoms with E-state index in [2.05, 4.69) is 0 Å². The zero-order valence-corrected chi connectivity index (χ0v) is 7.48. The summed E-state index contributed by atoms with van der Waals surface area (Å²) in [4.78, 5) is 0. The summed E-state index contributed by atoms with van der Waals surface area (Å²) in [5, 5.41) is 0. The van der Waals surface area contributed by atoms with Crippen molar-refractivity contribution in [3.63, 3.8) is 0 Å². The molecule has 0 aromatic carbocycles. The molecule has 0 saturated carbocycles. The van der Waals surface area contributed by atoms with E-state index in [1.165, 1.54) is 0 Å². The van der Waals surface area contributed by atoms with Gasteiger partial charge in [-0.25, -0.2) is 0 Å². The molecule has 0 unspecified atom stereocenters. The molecule has 1 heterocycles. The van der Waals surface area contributed by atoms with Crippen molar-refractivity contribution in [3.05, 3.63) is 23.8 Å². The van der Waals surface area contributed by atoms with Gasteiger partial charge < -0.3 is 4.57 Å². The van der Waals surface area contributed by atoms with Crippen molar-refractivity contribution in [2.75, 3.05) is 0 Å². The third kappa shape index (κ3) is 1.62. The van der Waals surface area contributed by atoms with E-state index >= 15 is 0 Å². The molecule has 0 aliphatic rings. The Bertz CT molecular complexity index is 255. The summed E-state index contributed by atoms with van der Waals surface area (Å²) < 4.78 is 14.7. The van der Waals surface area contributed by atoms with Crippen LogP contribution in [0.1, 0.15) is 26.3 Å². The Morgan fingerprint density at radius 1 is 1.36 bits per heavy atom. The summed E-state index contributed by atoms with van der Waals surface area (Å²) in [7, 11) is 0. The molecule has 0 spiro atoms. The molecule has 0 saturated heterocycles. The molecule has 1 rings (SSSR count). The fourth-order valence-electron chi connectivity index (χ4n) is 1.07. The lowest BCUT2D eigenvalue weighted by Gasteiger charge is -2.21. The second-order valence-electron chi connectivity index (χ2n) is 3.88. The molecule has 62 valence electrons. The summed E-state index contributed by atoms with van der Waals surface area (Å²) in [5.41, 5.74) is 0.815. The van der Waals surface area contributed by atoms with Crippen LogP contribution in [0.2, 0.25) is 0 Å². The maximum Gasteiger partial charge on any atom is 0.194 e. The molecule has 1 aromatic rings. The molecule has 0 aliphatic carbocycles. The third-order valence-corrected chi connectivity index (χ3v) is 1.63. The van der Waals surface area contributed by atoms with Crippen LogP contribution in [0.4, 0.5) is 4.39 Å². The van der Waals surface area contributed by atoms with Crippen molar-refractivity contribution in [3.8, 4) is 0 Å². The Hall–Kier alpha value is -0.790. The fraction of sp³-hybridized carbons (Fsp3) is 0.556. The Labute approximate surface area is 66.8 Å². The molecule has 0 aliphatic heterocycles. The largest absolute Gasteiger partial charge is 0.319 e. The van der Waals surface area contributed by atoms with Crippen LogP contribution in [-0.2, 0) is 5.54 Å². The molecule has 11 heavy (non-hydrogen) atoms. The summed E-state index contributed by atoms with van der Waals surface area (Å²) in [6, 6.07) is 1.55. The highest BCUT2D eigenvalue weighted by molar-refractivity contribution is 5.10. The van der Waals surface area contributed by atoms with Crippen molar-refractivity contribution in [2.24, 2.45) is 0 Å². The van der Waals surface area contributed by atoms with E-state index in [1.54, 1.807) is 10.6 Å². The summed E-state index contributed by atoms with van der Waals surface area (Å²) in [6.45, 7) is 7.84. The van der Waals surface area contributed by atoms with Gasteiger partial charge in [-0.05, 0) is 39.3 Å². The van der Waals surface area contributed by atoms with Gasteiger partial charge in [0, 0.05) is 11.7 Å². The number of hydrogen-bond donors (Lipinski definition) is 0. The van der Waals surface area contributed by atoms with Crippen LogP contribution in [0.3, 0.4) is 0 Å². The Morgan fingerprint density at radius 3 is 2.09 bits per heavy atom. The van der Waals surface area contributed by atoms with Crippen LogP contribution in [0.15, 0.2) is 12.3 Å². The molecular weight excluding hydrogens is 141 g/mol. The third-order valence-electron chi connectivity index (χ3n) is 1.63. The predicted octanol–water partition coefficient (Wildman–Crippen LogP) is 2.69. The van der Waals surface area contributed by atoms with E-state index in [1.807, 2.05) is 33.9 Å². The molecule has 1 aromatic heterocycles. The average molecular weight is 155 g/mol. The first-order valence-electron chi connectivity index (χ1n) is 3.76. The summed E-state index contributed by atoms with van der Waals surface area (Å²) >= 11 is 0. The molecule has 0 fully saturated rings. The minimum atomic E-state index is -0.157. The zero-order chi connectivity index (χ0) is 8.65. The molecule has 0 radical (unpaired) electrons. The predicted molar refractivity (Wildman–Crippen MR) is 44.1 cm³/mol. The highest BCUT2D eigenvalue weighted by Gasteiger charge is 2.16. The first-order chi connectivity index (χ1) is 4.91. The Balaban J connectivity index is 3.13. The molecule has 1 nitrogen and oxygen atoms in total. The number of hydrogen-bond acceptors (Lipinski definition) is 0. The van der Waals surface area contributed by atoms with E-state index in [0.717, 1.165) is 5.56 Å². The monoisotopic (exact) mass is 155 g/mol. The lowest BCUT2D eigenvalue weighted by molar-refractivity contribution is 0.337. The van der Waals surface area contributed by atoms with Crippen molar-refractivity contribution < 1.29 is 4.39 Å². The lowest BCUT2D eigenvalue weighted by Crippen LogP contribution is -2.22. The maximum absolute atomic E-state index is 13.1. The second kappa shape index (κ2) is 2.36. The Kier molecular flexibility index (Phi) is 1.78. The minimum Gasteiger partial charge on any atom is -0.319 e. The van der Waals surface area contributed by atoms with Crippen LogP contribution < -0.4 is 0 Å². The minimum absolute atomic E-state index is 0.154. The van der Waals surface area contributed by atoms with E-state index < -0.39 is 0 Å². The number of halogens is 1. The molecular formula is C9H14FN. The quantitative estimate of drug-likeness (QED) is 0.543. The van der Waals surface area contributed by atoms with Gasteiger partial charge in [0.1, 0.15) is 0 Å². The first-order valence-corrected chi connectivity index (χ1v) is 3.76. The summed E-state index contributed by atoms with van der Waals surface area (Å²) in [5.74, 6) is -0.157. The van der Waals surface area contributed by atoms with Gasteiger partial charge in [0.2, 0.25) is 0 Å². The van der Waals surface area contributed by atoms with Crippen molar-refractivity contribution in [1.82, 2.24) is 4.57 Å². The normalized spacial score (nSPS) is 12.1. The zero-order valence-electron chi connectivity index (χ0n) is 7.48. The average Bonchev–Trinajstić information content (AvgIpc) is 2.08. The van der Waals surface area contributed by atoms with Crippen LogP contribution in [0.25, 0.3) is 0 Å². The van der Waals surface area contributed by atoms with Crippen LogP contribution in [0.5, 0.6) is 0 Å². The van der Waals surface area contributed by atoms with Crippen LogP contribution in [-0.4, -0.2) is 4.57 Å². The summed E-state index contributed by atoms with van der Waals surface area (Å²) in [6.07, 6.45) is 1.83. The van der Waals surface area contributed by atoms with E-state index in [9.17, 15) is 4.39 Å². The topological polar surface area (TPSA) is 4.93 Å². The number of rotatable bonds is 0. The van der Waals surface area contributed by atoms with Gasteiger partial charge in [0.25, 0.3) is 0 Å². The number of nitrogens with zero attached hydrogens (tertiary/aromatic N) is 1. The van der Waals surface area contributed by atoms with E-state index in [-0.39, 0.29) is 11.5 Å². The van der Waals surface area contributed by atoms with Gasteiger partial charge in [0.15, 0.2) is 5.95 Å². The molecule has 0 N–H and O–H groups in total. The van der Waals surface area contributed by atoms with E-state index in [4.69, 9.17) is 0 Å². The molecule has 0 amide bonds. The van der Waals surface area contributed by atoms with Crippen LogP contribution >= 0.6 is 0 Å². The van der Waals surface area contributed by atoms with Gasteiger partial charge in [0.05, 0.1) is 0 Å². The first kappa shape index (κ1) is 8.31. The second-order valence-corrected chi connectivity index (χ2v) is 3.88. The lowest BCUT2D eigenvalue weighted by atomic mass is 10.1. The van der Waals surface area contributed by atoms with Gasteiger partial charge in [-0.3, -0.25) is 0 Å². The molecule has 0 atom stereocenters. The van der Waals surface area contributed by atoms with Crippen molar-refractivity contribution in [1.29, 1.82) is 0 Å². The maximum atomic E-state index is 13.1. The fourth-order valence-corrected chi connectivity index (χ4v) is 1.07. The number of aryl methyl sites for hydroxylation is 1. The van der Waals surface area contributed by atoms with Crippen molar-refractivity contribution in [2.45, 2.75) is 33.2 Å². The van der Waals surface area contributed by atoms with Gasteiger partial charge in [-0.15, -0.1) is 0 Å². The smallest absolute Gasteiger partial charge is 0.194 e. The van der Waals surface area contributed by atoms with Crippen LogP contribution in [0, 0.1) is 12.9 Å².